The molecule has 3 nitrogen and oxygen atoms in total. The molecule has 1 saturated carbocycles. The van der Waals surface area contributed by atoms with Crippen LogP contribution in [-0.4, -0.2) is 36.6 Å². The molecule has 4 heteroatoms. The quantitative estimate of drug-likeness (QED) is 0.801. The Morgan fingerprint density at radius 1 is 1.23 bits per heavy atom. The normalized spacial score (nSPS) is 29.8. The molecule has 1 spiro atoms. The van der Waals surface area contributed by atoms with E-state index >= 15 is 0 Å². The summed E-state index contributed by atoms with van der Waals surface area (Å²) >= 11 is 3.50. The van der Waals surface area contributed by atoms with Gasteiger partial charge in [0.2, 0.25) is 0 Å². The highest BCUT2D eigenvalue weighted by molar-refractivity contribution is 9.10. The van der Waals surface area contributed by atoms with Crippen molar-refractivity contribution in [3.05, 3.63) is 34.3 Å². The molecule has 1 amide bonds. The van der Waals surface area contributed by atoms with Crippen LogP contribution in [0.25, 0.3) is 0 Å². The fourth-order valence-corrected chi connectivity index (χ4v) is 4.48. The minimum atomic E-state index is -0.157. The Morgan fingerprint density at radius 2 is 1.95 bits per heavy atom. The maximum Gasteiger partial charge on any atom is 0.251 e. The number of amides is 1. The van der Waals surface area contributed by atoms with Gasteiger partial charge in [-0.1, -0.05) is 28.1 Å². The van der Waals surface area contributed by atoms with Crippen molar-refractivity contribution in [3.8, 4) is 0 Å². The maximum absolute atomic E-state index is 12.4. The van der Waals surface area contributed by atoms with Gasteiger partial charge in [-0.15, -0.1) is 0 Å². The number of benzene rings is 1. The van der Waals surface area contributed by atoms with Gasteiger partial charge in [-0.3, -0.25) is 4.79 Å². The van der Waals surface area contributed by atoms with Gasteiger partial charge in [0, 0.05) is 24.2 Å². The van der Waals surface area contributed by atoms with Gasteiger partial charge in [-0.05, 0) is 61.1 Å². The zero-order valence-electron chi connectivity index (χ0n) is 12.8. The molecule has 1 aromatic carbocycles. The standard InChI is InChI=1S/C18H22BrNO2/c19-14-5-3-13(4-6-14)15-12-18(15)7-9-20(10-8-18)17(21)16-2-1-11-22-16/h3-6,15-16H,1-2,7-12H2/t15-,16?/m1/s1. The lowest BCUT2D eigenvalue weighted by Gasteiger charge is -2.34. The molecule has 1 unspecified atom stereocenters. The summed E-state index contributed by atoms with van der Waals surface area (Å²) in [5.41, 5.74) is 1.92. The van der Waals surface area contributed by atoms with E-state index in [9.17, 15) is 4.79 Å². The molecule has 3 aliphatic rings. The van der Waals surface area contributed by atoms with Crippen LogP contribution in [-0.2, 0) is 9.53 Å². The summed E-state index contributed by atoms with van der Waals surface area (Å²) < 4.78 is 6.68. The van der Waals surface area contributed by atoms with Crippen LogP contribution in [0.3, 0.4) is 0 Å². The highest BCUT2D eigenvalue weighted by Gasteiger charge is 2.55. The zero-order valence-corrected chi connectivity index (χ0v) is 14.3. The largest absolute Gasteiger partial charge is 0.368 e. The van der Waals surface area contributed by atoms with Crippen molar-refractivity contribution in [1.82, 2.24) is 4.90 Å². The first kappa shape index (κ1) is 14.7. The van der Waals surface area contributed by atoms with Gasteiger partial charge >= 0.3 is 0 Å². The maximum atomic E-state index is 12.4. The summed E-state index contributed by atoms with van der Waals surface area (Å²) in [6.07, 6.45) is 5.35. The van der Waals surface area contributed by atoms with Gasteiger partial charge in [0.05, 0.1) is 0 Å². The van der Waals surface area contributed by atoms with E-state index in [1.165, 1.54) is 12.0 Å². The Kier molecular flexibility index (Phi) is 3.77. The SMILES string of the molecule is O=C(C1CCCO1)N1CCC2(CC1)C[C@@H]2c1ccc(Br)cc1. The minimum Gasteiger partial charge on any atom is -0.368 e. The average molecular weight is 364 g/mol. The van der Waals surface area contributed by atoms with Gasteiger partial charge in [0.15, 0.2) is 0 Å². The molecule has 2 aliphatic heterocycles. The number of carbonyl (C=O) groups excluding carboxylic acids is 1. The molecule has 1 aromatic rings. The van der Waals surface area contributed by atoms with Crippen LogP contribution < -0.4 is 0 Å². The highest BCUT2D eigenvalue weighted by atomic mass is 79.9. The van der Waals surface area contributed by atoms with Crippen molar-refractivity contribution in [1.29, 1.82) is 0 Å². The second kappa shape index (κ2) is 5.64. The Balaban J connectivity index is 1.36. The first-order valence-corrected chi connectivity index (χ1v) is 9.13. The van der Waals surface area contributed by atoms with E-state index in [-0.39, 0.29) is 12.0 Å². The number of carbonyl (C=O) groups is 1. The van der Waals surface area contributed by atoms with Crippen LogP contribution in [0.5, 0.6) is 0 Å². The lowest BCUT2D eigenvalue weighted by molar-refractivity contribution is -0.142. The third kappa shape index (κ3) is 2.61. The lowest BCUT2D eigenvalue weighted by Crippen LogP contribution is -2.44. The molecular weight excluding hydrogens is 342 g/mol. The average Bonchev–Trinajstić information content (AvgIpc) is 2.99. The predicted octanol–water partition coefficient (Wildman–Crippen LogP) is 3.72. The van der Waals surface area contributed by atoms with Crippen LogP contribution in [0.4, 0.5) is 0 Å². The Morgan fingerprint density at radius 3 is 2.59 bits per heavy atom. The predicted molar refractivity (Wildman–Crippen MR) is 88.7 cm³/mol. The Bertz CT molecular complexity index is 557. The molecule has 0 N–H and O–H groups in total. The molecule has 2 atom stereocenters. The zero-order chi connectivity index (χ0) is 15.2. The summed E-state index contributed by atoms with van der Waals surface area (Å²) in [4.78, 5) is 14.5. The molecule has 0 bridgehead atoms. The van der Waals surface area contributed by atoms with Crippen molar-refractivity contribution < 1.29 is 9.53 Å². The molecule has 3 fully saturated rings. The van der Waals surface area contributed by atoms with E-state index in [0.717, 1.165) is 49.9 Å². The molecule has 2 saturated heterocycles. The van der Waals surface area contributed by atoms with Crippen molar-refractivity contribution in [2.24, 2.45) is 5.41 Å². The monoisotopic (exact) mass is 363 g/mol. The first-order chi connectivity index (χ1) is 10.7. The number of halogens is 1. The van der Waals surface area contributed by atoms with E-state index in [1.807, 2.05) is 4.90 Å². The van der Waals surface area contributed by atoms with Crippen molar-refractivity contribution >= 4 is 21.8 Å². The van der Waals surface area contributed by atoms with Crippen molar-refractivity contribution in [2.45, 2.75) is 44.1 Å². The first-order valence-electron chi connectivity index (χ1n) is 8.34. The molecular formula is C18H22BrNO2. The number of hydrogen-bond acceptors (Lipinski definition) is 2. The van der Waals surface area contributed by atoms with Crippen LogP contribution >= 0.6 is 15.9 Å². The van der Waals surface area contributed by atoms with Gasteiger partial charge < -0.3 is 9.64 Å². The number of ether oxygens (including phenoxy) is 1. The van der Waals surface area contributed by atoms with Gasteiger partial charge in [0.1, 0.15) is 6.10 Å². The number of rotatable bonds is 2. The topological polar surface area (TPSA) is 29.5 Å². The van der Waals surface area contributed by atoms with Crippen LogP contribution in [0, 0.1) is 5.41 Å². The summed E-state index contributed by atoms with van der Waals surface area (Å²) in [7, 11) is 0. The van der Waals surface area contributed by atoms with E-state index in [0.29, 0.717) is 11.3 Å². The summed E-state index contributed by atoms with van der Waals surface area (Å²) in [6, 6.07) is 8.76. The number of hydrogen-bond donors (Lipinski definition) is 0. The van der Waals surface area contributed by atoms with Crippen molar-refractivity contribution in [2.75, 3.05) is 19.7 Å². The van der Waals surface area contributed by atoms with E-state index in [1.54, 1.807) is 0 Å². The molecule has 22 heavy (non-hydrogen) atoms. The third-order valence-electron chi connectivity index (χ3n) is 5.74. The molecule has 0 aromatic heterocycles. The Labute approximate surface area is 140 Å². The van der Waals surface area contributed by atoms with E-state index < -0.39 is 0 Å². The van der Waals surface area contributed by atoms with Crippen LogP contribution in [0.15, 0.2) is 28.7 Å². The fraction of sp³-hybridized carbons (Fsp3) is 0.611. The molecule has 2 heterocycles. The fourth-order valence-electron chi connectivity index (χ4n) is 4.22. The van der Waals surface area contributed by atoms with Crippen molar-refractivity contribution in [3.63, 3.8) is 0 Å². The molecule has 1 aliphatic carbocycles. The summed E-state index contributed by atoms with van der Waals surface area (Å²) in [5.74, 6) is 0.925. The van der Waals surface area contributed by atoms with Crippen LogP contribution in [0.2, 0.25) is 0 Å². The number of piperidine rings is 1. The second-order valence-corrected chi connectivity index (χ2v) is 7.91. The van der Waals surface area contributed by atoms with E-state index in [2.05, 4.69) is 40.2 Å². The van der Waals surface area contributed by atoms with E-state index in [4.69, 9.17) is 4.74 Å². The highest BCUT2D eigenvalue weighted by Crippen LogP contribution is 2.64. The molecule has 0 radical (unpaired) electrons. The van der Waals surface area contributed by atoms with Gasteiger partial charge in [-0.2, -0.15) is 0 Å². The van der Waals surface area contributed by atoms with Crippen LogP contribution in [0.1, 0.15) is 43.6 Å². The third-order valence-corrected chi connectivity index (χ3v) is 6.27. The number of likely N-dealkylation sites (tertiary alicyclic amines) is 1. The second-order valence-electron chi connectivity index (χ2n) is 7.00. The van der Waals surface area contributed by atoms with Gasteiger partial charge in [0.25, 0.3) is 5.91 Å². The van der Waals surface area contributed by atoms with Gasteiger partial charge in [-0.25, -0.2) is 0 Å². The summed E-state index contributed by atoms with van der Waals surface area (Å²) in [6.45, 7) is 2.57. The molecule has 118 valence electrons. The minimum absolute atomic E-state index is 0.157. The molecule has 4 rings (SSSR count). The Hall–Kier alpha value is -0.870. The lowest BCUT2D eigenvalue weighted by atomic mass is 9.88. The number of nitrogens with zero attached hydrogens (tertiary/aromatic N) is 1. The summed E-state index contributed by atoms with van der Waals surface area (Å²) in [5, 5.41) is 0. The smallest absolute Gasteiger partial charge is 0.251 e.